The average Bonchev–Trinajstić information content (AvgIpc) is 2.58. The highest BCUT2D eigenvalue weighted by Crippen LogP contribution is 2.21. The van der Waals surface area contributed by atoms with Gasteiger partial charge in [0.05, 0.1) is 6.42 Å². The molecule has 0 saturated heterocycles. The molecular formula is C20H17IN2O. The number of rotatable bonds is 4. The Morgan fingerprint density at radius 2 is 1.71 bits per heavy atom. The highest BCUT2D eigenvalue weighted by molar-refractivity contribution is 14.1. The molecule has 0 fully saturated rings. The molecule has 4 heteroatoms. The van der Waals surface area contributed by atoms with Crippen molar-refractivity contribution in [1.29, 1.82) is 0 Å². The van der Waals surface area contributed by atoms with Gasteiger partial charge >= 0.3 is 0 Å². The van der Waals surface area contributed by atoms with Crippen LogP contribution in [0.3, 0.4) is 0 Å². The number of pyridine rings is 1. The summed E-state index contributed by atoms with van der Waals surface area (Å²) in [5, 5.41) is 2.94. The van der Waals surface area contributed by atoms with E-state index in [0.29, 0.717) is 6.42 Å². The molecule has 0 bridgehead atoms. The van der Waals surface area contributed by atoms with Gasteiger partial charge in [0.25, 0.3) is 0 Å². The Morgan fingerprint density at radius 1 is 1.00 bits per heavy atom. The lowest BCUT2D eigenvalue weighted by atomic mass is 10.1. The minimum Gasteiger partial charge on any atom is -0.326 e. The van der Waals surface area contributed by atoms with Crippen LogP contribution in [0.1, 0.15) is 11.3 Å². The van der Waals surface area contributed by atoms with Crippen LogP contribution >= 0.6 is 22.6 Å². The van der Waals surface area contributed by atoms with Crippen LogP contribution in [0.2, 0.25) is 0 Å². The van der Waals surface area contributed by atoms with Gasteiger partial charge in [-0.05, 0) is 82.6 Å². The third-order valence-electron chi connectivity index (χ3n) is 3.68. The zero-order valence-corrected chi connectivity index (χ0v) is 15.4. The number of hydrogen-bond acceptors (Lipinski definition) is 2. The van der Waals surface area contributed by atoms with E-state index in [1.54, 1.807) is 6.20 Å². The maximum Gasteiger partial charge on any atom is 0.228 e. The van der Waals surface area contributed by atoms with Crippen molar-refractivity contribution in [3.63, 3.8) is 0 Å². The number of halogens is 1. The Labute approximate surface area is 155 Å². The van der Waals surface area contributed by atoms with Crippen LogP contribution in [0.25, 0.3) is 11.1 Å². The van der Waals surface area contributed by atoms with Gasteiger partial charge in [-0.2, -0.15) is 0 Å². The topological polar surface area (TPSA) is 42.0 Å². The summed E-state index contributed by atoms with van der Waals surface area (Å²) < 4.78 is 1.17. The van der Waals surface area contributed by atoms with Gasteiger partial charge < -0.3 is 5.32 Å². The summed E-state index contributed by atoms with van der Waals surface area (Å²) in [5.41, 5.74) is 5.04. The van der Waals surface area contributed by atoms with E-state index < -0.39 is 0 Å². The van der Waals surface area contributed by atoms with Crippen LogP contribution < -0.4 is 5.32 Å². The quantitative estimate of drug-likeness (QED) is 0.605. The normalized spacial score (nSPS) is 10.4. The lowest BCUT2D eigenvalue weighted by molar-refractivity contribution is -0.115. The Kier molecular flexibility index (Phi) is 5.25. The molecule has 1 heterocycles. The smallest absolute Gasteiger partial charge is 0.228 e. The molecule has 3 rings (SSSR count). The summed E-state index contributed by atoms with van der Waals surface area (Å²) >= 11 is 2.25. The number of aryl methyl sites for hydroxylation is 1. The second-order valence-corrected chi connectivity index (χ2v) is 6.86. The third-order valence-corrected chi connectivity index (χ3v) is 4.40. The Bertz CT molecular complexity index is 842. The van der Waals surface area contributed by atoms with E-state index in [1.807, 2.05) is 67.6 Å². The van der Waals surface area contributed by atoms with E-state index >= 15 is 0 Å². The van der Waals surface area contributed by atoms with E-state index in [1.165, 1.54) is 3.57 Å². The first kappa shape index (κ1) is 16.6. The maximum atomic E-state index is 12.1. The molecule has 1 N–H and O–H groups in total. The number of amides is 1. The Hall–Kier alpha value is -2.21. The SMILES string of the molecule is Cc1cc(-c2ccc(NC(=O)Cc3ccc(I)cc3)cc2)ccn1. The predicted molar refractivity (Wildman–Crippen MR) is 106 cm³/mol. The van der Waals surface area contributed by atoms with Gasteiger partial charge in [0.1, 0.15) is 0 Å². The molecule has 0 aliphatic carbocycles. The number of nitrogens with zero attached hydrogens (tertiary/aromatic N) is 1. The van der Waals surface area contributed by atoms with Gasteiger partial charge in [-0.25, -0.2) is 0 Å². The fourth-order valence-corrected chi connectivity index (χ4v) is 2.82. The van der Waals surface area contributed by atoms with E-state index in [0.717, 1.165) is 28.1 Å². The van der Waals surface area contributed by atoms with Crippen molar-refractivity contribution in [3.8, 4) is 11.1 Å². The summed E-state index contributed by atoms with van der Waals surface area (Å²) in [6.45, 7) is 1.97. The van der Waals surface area contributed by atoms with E-state index in [4.69, 9.17) is 0 Å². The Balaban J connectivity index is 1.65. The fourth-order valence-electron chi connectivity index (χ4n) is 2.46. The van der Waals surface area contributed by atoms with Gasteiger partial charge in [0.15, 0.2) is 0 Å². The van der Waals surface area contributed by atoms with Crippen LogP contribution in [0.15, 0.2) is 66.9 Å². The van der Waals surface area contributed by atoms with Crippen molar-refractivity contribution in [2.24, 2.45) is 0 Å². The number of benzene rings is 2. The Morgan fingerprint density at radius 3 is 2.38 bits per heavy atom. The largest absolute Gasteiger partial charge is 0.326 e. The minimum atomic E-state index is -0.0105. The highest BCUT2D eigenvalue weighted by Gasteiger charge is 2.05. The van der Waals surface area contributed by atoms with Crippen LogP contribution in [0.5, 0.6) is 0 Å². The monoisotopic (exact) mass is 428 g/mol. The number of nitrogens with one attached hydrogen (secondary N) is 1. The summed E-state index contributed by atoms with van der Waals surface area (Å²) in [6, 6.07) is 19.9. The van der Waals surface area contributed by atoms with Gasteiger partial charge in [-0.3, -0.25) is 9.78 Å². The second kappa shape index (κ2) is 7.57. The van der Waals surface area contributed by atoms with Crippen molar-refractivity contribution in [2.75, 3.05) is 5.32 Å². The molecule has 24 heavy (non-hydrogen) atoms. The fraction of sp³-hybridized carbons (Fsp3) is 0.100. The first-order valence-electron chi connectivity index (χ1n) is 7.67. The summed E-state index contributed by atoms with van der Waals surface area (Å²) in [7, 11) is 0. The van der Waals surface area contributed by atoms with Crippen molar-refractivity contribution in [1.82, 2.24) is 4.98 Å². The molecule has 0 unspecified atom stereocenters. The molecule has 0 saturated carbocycles. The second-order valence-electron chi connectivity index (χ2n) is 5.61. The van der Waals surface area contributed by atoms with Crippen LogP contribution in [-0.4, -0.2) is 10.9 Å². The molecule has 0 radical (unpaired) electrons. The molecule has 120 valence electrons. The van der Waals surface area contributed by atoms with E-state index in [-0.39, 0.29) is 5.91 Å². The van der Waals surface area contributed by atoms with Gasteiger partial charge in [-0.1, -0.05) is 24.3 Å². The maximum absolute atomic E-state index is 12.1. The minimum absolute atomic E-state index is 0.0105. The zero-order valence-electron chi connectivity index (χ0n) is 13.3. The first-order valence-corrected chi connectivity index (χ1v) is 8.75. The van der Waals surface area contributed by atoms with Crippen molar-refractivity contribution >= 4 is 34.2 Å². The summed E-state index contributed by atoms with van der Waals surface area (Å²) in [4.78, 5) is 16.4. The van der Waals surface area contributed by atoms with Crippen molar-refractivity contribution < 1.29 is 4.79 Å². The molecule has 0 atom stereocenters. The molecule has 3 nitrogen and oxygen atoms in total. The average molecular weight is 428 g/mol. The van der Waals surface area contributed by atoms with Crippen LogP contribution in [-0.2, 0) is 11.2 Å². The molecular weight excluding hydrogens is 411 g/mol. The molecule has 3 aromatic rings. The number of aromatic nitrogens is 1. The van der Waals surface area contributed by atoms with E-state index in [9.17, 15) is 4.79 Å². The lowest BCUT2D eigenvalue weighted by Gasteiger charge is -2.07. The first-order chi connectivity index (χ1) is 11.6. The molecule has 1 amide bonds. The number of carbonyl (C=O) groups excluding carboxylic acids is 1. The zero-order chi connectivity index (χ0) is 16.9. The summed E-state index contributed by atoms with van der Waals surface area (Å²) in [6.07, 6.45) is 2.18. The number of hydrogen-bond donors (Lipinski definition) is 1. The van der Waals surface area contributed by atoms with Gasteiger partial charge in [0.2, 0.25) is 5.91 Å². The number of carbonyl (C=O) groups is 1. The van der Waals surface area contributed by atoms with E-state index in [2.05, 4.69) is 32.9 Å². The highest BCUT2D eigenvalue weighted by atomic mass is 127. The number of anilines is 1. The molecule has 0 aliphatic rings. The molecule has 0 spiro atoms. The van der Waals surface area contributed by atoms with Gasteiger partial charge in [0, 0.05) is 21.1 Å². The van der Waals surface area contributed by atoms with Crippen molar-refractivity contribution in [3.05, 3.63) is 81.7 Å². The predicted octanol–water partition coefficient (Wildman–Crippen LogP) is 4.84. The molecule has 0 aliphatic heterocycles. The van der Waals surface area contributed by atoms with Crippen molar-refractivity contribution in [2.45, 2.75) is 13.3 Å². The molecule has 2 aromatic carbocycles. The summed E-state index contributed by atoms with van der Waals surface area (Å²) in [5.74, 6) is -0.0105. The molecule has 1 aromatic heterocycles. The van der Waals surface area contributed by atoms with Gasteiger partial charge in [-0.15, -0.1) is 0 Å². The standard InChI is InChI=1S/C20H17IN2O/c1-14-12-17(10-11-22-14)16-4-8-19(9-5-16)23-20(24)13-15-2-6-18(21)7-3-15/h2-12H,13H2,1H3,(H,23,24). The lowest BCUT2D eigenvalue weighted by Crippen LogP contribution is -2.14. The van der Waals surface area contributed by atoms with Crippen LogP contribution in [0.4, 0.5) is 5.69 Å². The van der Waals surface area contributed by atoms with Crippen LogP contribution in [0, 0.1) is 10.5 Å². The third kappa shape index (κ3) is 4.41.